The van der Waals surface area contributed by atoms with Crippen LogP contribution in [0.1, 0.15) is 24.2 Å². The van der Waals surface area contributed by atoms with Crippen LogP contribution in [0.5, 0.6) is 0 Å². The Morgan fingerprint density at radius 3 is 2.60 bits per heavy atom. The Morgan fingerprint density at radius 1 is 0.960 bits per heavy atom. The minimum absolute atomic E-state index is 0.118. The summed E-state index contributed by atoms with van der Waals surface area (Å²) in [6, 6.07) is 19.3. The van der Waals surface area contributed by atoms with Crippen LogP contribution in [0, 0.1) is 0 Å². The lowest BCUT2D eigenvalue weighted by atomic mass is 10.1. The van der Waals surface area contributed by atoms with Gasteiger partial charge in [-0.2, -0.15) is 0 Å². The summed E-state index contributed by atoms with van der Waals surface area (Å²) in [7, 11) is 0. The van der Waals surface area contributed by atoms with E-state index in [-0.39, 0.29) is 5.56 Å². The van der Waals surface area contributed by atoms with Crippen LogP contribution in [0.15, 0.2) is 59.4 Å². The van der Waals surface area contributed by atoms with Gasteiger partial charge in [0.25, 0.3) is 5.56 Å². The highest BCUT2D eigenvalue weighted by atomic mass is 16.1. The minimum Gasteiger partial charge on any atom is -0.294 e. The standard InChI is InChI=1S/C21H21N3O/c25-21-18-8-4-5-9-19(18)22-20-12-16-10-11-17(14-24(20)21)23(16)13-15-6-2-1-3-7-15/h1-9,16-17H,10-14H2. The topological polar surface area (TPSA) is 38.1 Å². The molecule has 4 heteroatoms. The van der Waals surface area contributed by atoms with E-state index < -0.39 is 0 Å². The third-order valence-electron chi connectivity index (χ3n) is 5.73. The molecule has 3 heterocycles. The molecular formula is C21H21N3O. The molecule has 2 bridgehead atoms. The van der Waals surface area contributed by atoms with Crippen molar-refractivity contribution in [1.29, 1.82) is 0 Å². The van der Waals surface area contributed by atoms with E-state index in [1.54, 1.807) is 0 Å². The zero-order valence-electron chi connectivity index (χ0n) is 14.1. The summed E-state index contributed by atoms with van der Waals surface area (Å²) in [4.78, 5) is 20.4. The second-order valence-electron chi connectivity index (χ2n) is 7.21. The van der Waals surface area contributed by atoms with Gasteiger partial charge in [-0.15, -0.1) is 0 Å². The average Bonchev–Trinajstić information content (AvgIpc) is 2.92. The number of aromatic nitrogens is 2. The summed E-state index contributed by atoms with van der Waals surface area (Å²) in [6.07, 6.45) is 3.22. The minimum atomic E-state index is 0.118. The SMILES string of the molecule is O=c1c2ccccc2nc2n1CC1CCC(C2)N1Cc1ccccc1. The molecule has 0 radical (unpaired) electrons. The van der Waals surface area contributed by atoms with Crippen molar-refractivity contribution in [2.24, 2.45) is 0 Å². The highest BCUT2D eigenvalue weighted by Gasteiger charge is 2.37. The van der Waals surface area contributed by atoms with Gasteiger partial charge in [0.1, 0.15) is 5.82 Å². The smallest absolute Gasteiger partial charge is 0.261 e. The number of nitrogens with zero attached hydrogens (tertiary/aromatic N) is 3. The van der Waals surface area contributed by atoms with E-state index >= 15 is 0 Å². The summed E-state index contributed by atoms with van der Waals surface area (Å²) < 4.78 is 1.93. The van der Waals surface area contributed by atoms with Gasteiger partial charge in [-0.3, -0.25) is 14.3 Å². The molecule has 126 valence electrons. The quantitative estimate of drug-likeness (QED) is 0.724. The predicted molar refractivity (Wildman–Crippen MR) is 98.5 cm³/mol. The van der Waals surface area contributed by atoms with E-state index in [0.29, 0.717) is 12.1 Å². The Balaban J connectivity index is 1.55. The lowest BCUT2D eigenvalue weighted by Crippen LogP contribution is -2.37. The maximum Gasteiger partial charge on any atom is 0.261 e. The van der Waals surface area contributed by atoms with Crippen molar-refractivity contribution in [3.8, 4) is 0 Å². The van der Waals surface area contributed by atoms with Gasteiger partial charge in [-0.1, -0.05) is 42.5 Å². The fourth-order valence-electron chi connectivity index (χ4n) is 4.46. The molecule has 0 saturated carbocycles. The first kappa shape index (κ1) is 14.8. The van der Waals surface area contributed by atoms with Gasteiger partial charge in [0.2, 0.25) is 0 Å². The van der Waals surface area contributed by atoms with Crippen molar-refractivity contribution in [1.82, 2.24) is 14.5 Å². The molecule has 2 aliphatic heterocycles. The van der Waals surface area contributed by atoms with E-state index in [0.717, 1.165) is 42.7 Å². The zero-order valence-corrected chi connectivity index (χ0v) is 14.1. The molecule has 25 heavy (non-hydrogen) atoms. The molecule has 0 amide bonds. The van der Waals surface area contributed by atoms with Gasteiger partial charge >= 0.3 is 0 Å². The molecular weight excluding hydrogens is 310 g/mol. The molecule has 1 fully saturated rings. The summed E-state index contributed by atoms with van der Waals surface area (Å²) in [5.41, 5.74) is 2.29. The molecule has 2 atom stereocenters. The van der Waals surface area contributed by atoms with Gasteiger partial charge in [-0.05, 0) is 30.5 Å². The van der Waals surface area contributed by atoms with Gasteiger partial charge in [0.05, 0.1) is 10.9 Å². The number of fused-ring (bicyclic) bond motifs is 4. The molecule has 4 nitrogen and oxygen atoms in total. The molecule has 0 spiro atoms. The molecule has 1 aromatic heterocycles. The monoisotopic (exact) mass is 331 g/mol. The second kappa shape index (κ2) is 5.81. The highest BCUT2D eigenvalue weighted by Crippen LogP contribution is 2.32. The average molecular weight is 331 g/mol. The van der Waals surface area contributed by atoms with Crippen molar-refractivity contribution in [3.05, 3.63) is 76.3 Å². The molecule has 3 aromatic rings. The Morgan fingerprint density at radius 2 is 1.72 bits per heavy atom. The Bertz CT molecular complexity index is 979. The second-order valence-corrected chi connectivity index (χ2v) is 7.21. The van der Waals surface area contributed by atoms with Gasteiger partial charge < -0.3 is 0 Å². The van der Waals surface area contributed by atoms with Gasteiger partial charge in [-0.25, -0.2) is 4.98 Å². The third-order valence-corrected chi connectivity index (χ3v) is 5.73. The molecule has 0 aliphatic carbocycles. The zero-order chi connectivity index (χ0) is 16.8. The van der Waals surface area contributed by atoms with Crippen LogP contribution < -0.4 is 5.56 Å². The van der Waals surface area contributed by atoms with Gasteiger partial charge in [0.15, 0.2) is 0 Å². The van der Waals surface area contributed by atoms with Crippen molar-refractivity contribution in [2.45, 2.75) is 44.4 Å². The number of hydrogen-bond donors (Lipinski definition) is 0. The van der Waals surface area contributed by atoms with E-state index in [9.17, 15) is 4.79 Å². The molecule has 5 rings (SSSR count). The van der Waals surface area contributed by atoms with Crippen molar-refractivity contribution < 1.29 is 0 Å². The van der Waals surface area contributed by atoms with Crippen molar-refractivity contribution in [2.75, 3.05) is 0 Å². The van der Waals surface area contributed by atoms with Crippen molar-refractivity contribution >= 4 is 10.9 Å². The molecule has 1 saturated heterocycles. The molecule has 2 aliphatic rings. The van der Waals surface area contributed by atoms with Crippen LogP contribution in [0.2, 0.25) is 0 Å². The van der Waals surface area contributed by atoms with E-state index in [2.05, 4.69) is 35.2 Å². The number of rotatable bonds is 2. The van der Waals surface area contributed by atoms with Crippen LogP contribution in [-0.2, 0) is 19.5 Å². The van der Waals surface area contributed by atoms with Crippen LogP contribution in [0.3, 0.4) is 0 Å². The molecule has 0 N–H and O–H groups in total. The summed E-state index contributed by atoms with van der Waals surface area (Å²) in [5, 5.41) is 0.735. The molecule has 2 aromatic carbocycles. The van der Waals surface area contributed by atoms with E-state index in [1.165, 1.54) is 12.0 Å². The third kappa shape index (κ3) is 2.48. The van der Waals surface area contributed by atoms with Gasteiger partial charge in [0, 0.05) is 31.6 Å². The first-order chi connectivity index (χ1) is 12.3. The fraction of sp³-hybridized carbons (Fsp3) is 0.333. The number of para-hydroxylation sites is 1. The number of hydrogen-bond acceptors (Lipinski definition) is 3. The predicted octanol–water partition coefficient (Wildman–Crippen LogP) is 2.99. The largest absolute Gasteiger partial charge is 0.294 e. The van der Waals surface area contributed by atoms with Crippen molar-refractivity contribution in [3.63, 3.8) is 0 Å². The molecule has 2 unspecified atom stereocenters. The first-order valence-corrected chi connectivity index (χ1v) is 9.08. The number of benzene rings is 2. The first-order valence-electron chi connectivity index (χ1n) is 9.08. The van der Waals surface area contributed by atoms with E-state index in [1.807, 2.05) is 28.8 Å². The summed E-state index contributed by atoms with van der Waals surface area (Å²) in [6.45, 7) is 1.72. The Kier molecular flexibility index (Phi) is 3.45. The van der Waals surface area contributed by atoms with E-state index in [4.69, 9.17) is 4.98 Å². The fourth-order valence-corrected chi connectivity index (χ4v) is 4.46. The lowest BCUT2D eigenvalue weighted by molar-refractivity contribution is 0.180. The lowest BCUT2D eigenvalue weighted by Gasteiger charge is -2.27. The highest BCUT2D eigenvalue weighted by molar-refractivity contribution is 5.77. The maximum absolute atomic E-state index is 13.0. The van der Waals surface area contributed by atoms with Crippen LogP contribution in [0.4, 0.5) is 0 Å². The Hall–Kier alpha value is -2.46. The Labute approximate surface area is 146 Å². The summed E-state index contributed by atoms with van der Waals surface area (Å²) >= 11 is 0. The van der Waals surface area contributed by atoms with Crippen LogP contribution in [0.25, 0.3) is 10.9 Å². The normalized spacial score (nSPS) is 22.7. The van der Waals surface area contributed by atoms with Crippen LogP contribution in [-0.4, -0.2) is 26.5 Å². The maximum atomic E-state index is 13.0. The summed E-state index contributed by atoms with van der Waals surface area (Å²) in [5.74, 6) is 0.953. The van der Waals surface area contributed by atoms with Crippen LogP contribution >= 0.6 is 0 Å².